The molecule has 1 amide bonds. The quantitative estimate of drug-likeness (QED) is 0.676. The van der Waals surface area contributed by atoms with E-state index in [1.165, 1.54) is 6.92 Å². The van der Waals surface area contributed by atoms with E-state index in [0.717, 1.165) is 0 Å². The molecule has 0 rings (SSSR count). The van der Waals surface area contributed by atoms with Gasteiger partial charge in [0.2, 0.25) is 0 Å². The number of aliphatic hydroxyl groups is 1. The minimum atomic E-state index is -1.43. The lowest BCUT2D eigenvalue weighted by Gasteiger charge is -2.28. The minimum absolute atomic E-state index is 0.126. The molecule has 6 heteroatoms. The van der Waals surface area contributed by atoms with Crippen LogP contribution in [0.3, 0.4) is 0 Å². The largest absolute Gasteiger partial charge is 0.480 e. The van der Waals surface area contributed by atoms with Gasteiger partial charge in [-0.3, -0.25) is 0 Å². The van der Waals surface area contributed by atoms with Crippen molar-refractivity contribution in [2.24, 2.45) is 0 Å². The fraction of sp³-hybridized carbons (Fsp3) is 0.818. The molecule has 1 atom stereocenters. The molecular formula is C11H21NO5. The van der Waals surface area contributed by atoms with Crippen LogP contribution in [0.2, 0.25) is 0 Å². The number of nitrogens with one attached hydrogen (secondary N) is 1. The Kier molecular flexibility index (Phi) is 5.41. The molecule has 0 heterocycles. The summed E-state index contributed by atoms with van der Waals surface area (Å²) in [5.74, 6) is -1.16. The first-order valence-corrected chi connectivity index (χ1v) is 5.46. The van der Waals surface area contributed by atoms with Crippen molar-refractivity contribution < 1.29 is 24.5 Å². The topological polar surface area (TPSA) is 95.9 Å². The molecule has 6 nitrogen and oxygen atoms in total. The fourth-order valence-corrected chi connectivity index (χ4v) is 1.18. The standard InChI is InChI=1S/C11H21NO5/c1-10(2,3)17-9(16)12-11(4,8(14)15)6-5-7-13/h13H,5-7H2,1-4H3,(H,12,16)(H,14,15)/t11-/m0/s1. The maximum atomic E-state index is 11.5. The SMILES string of the molecule is CC(C)(C)OC(=O)N[C@@](C)(CCCO)C(=O)O. The number of ether oxygens (including phenoxy) is 1. The number of alkyl carbamates (subject to hydrolysis) is 1. The molecule has 0 saturated heterocycles. The first-order chi connectivity index (χ1) is 7.60. The molecule has 17 heavy (non-hydrogen) atoms. The number of rotatable bonds is 5. The number of carboxylic acids is 1. The van der Waals surface area contributed by atoms with Crippen LogP contribution in [0.15, 0.2) is 0 Å². The van der Waals surface area contributed by atoms with Gasteiger partial charge in [0.25, 0.3) is 0 Å². The summed E-state index contributed by atoms with van der Waals surface area (Å²) < 4.78 is 4.99. The Morgan fingerprint density at radius 3 is 2.12 bits per heavy atom. The van der Waals surface area contributed by atoms with Gasteiger partial charge in [0.1, 0.15) is 11.1 Å². The molecule has 0 aliphatic heterocycles. The van der Waals surface area contributed by atoms with Crippen molar-refractivity contribution in [3.63, 3.8) is 0 Å². The smallest absolute Gasteiger partial charge is 0.408 e. The summed E-state index contributed by atoms with van der Waals surface area (Å²) in [4.78, 5) is 22.6. The Morgan fingerprint density at radius 2 is 1.76 bits per heavy atom. The van der Waals surface area contributed by atoms with Crippen molar-refractivity contribution in [3.8, 4) is 0 Å². The van der Waals surface area contributed by atoms with Gasteiger partial charge in [0.15, 0.2) is 0 Å². The highest BCUT2D eigenvalue weighted by molar-refractivity contribution is 5.83. The molecule has 0 unspecified atom stereocenters. The van der Waals surface area contributed by atoms with Crippen molar-refractivity contribution in [3.05, 3.63) is 0 Å². The summed E-state index contributed by atoms with van der Waals surface area (Å²) in [6.45, 7) is 6.34. The van der Waals surface area contributed by atoms with Crippen molar-refractivity contribution >= 4 is 12.1 Å². The van der Waals surface area contributed by atoms with Crippen LogP contribution in [0.5, 0.6) is 0 Å². The van der Waals surface area contributed by atoms with Gasteiger partial charge < -0.3 is 20.3 Å². The molecule has 0 aromatic rings. The van der Waals surface area contributed by atoms with Crippen LogP contribution < -0.4 is 5.32 Å². The second kappa shape index (κ2) is 5.86. The molecule has 0 spiro atoms. The Labute approximate surface area is 101 Å². The summed E-state index contributed by atoms with van der Waals surface area (Å²) in [6.07, 6.45) is -0.350. The second-order valence-corrected chi connectivity index (χ2v) is 5.09. The normalized spacial score (nSPS) is 14.9. The Morgan fingerprint density at radius 1 is 1.24 bits per heavy atom. The van der Waals surface area contributed by atoms with Crippen LogP contribution >= 0.6 is 0 Å². The van der Waals surface area contributed by atoms with Crippen LogP contribution in [0, 0.1) is 0 Å². The third-order valence-corrected chi connectivity index (χ3v) is 2.08. The van der Waals surface area contributed by atoms with Gasteiger partial charge >= 0.3 is 12.1 Å². The molecule has 0 radical (unpaired) electrons. The Balaban J connectivity index is 4.55. The van der Waals surface area contributed by atoms with Crippen molar-refractivity contribution in [1.82, 2.24) is 5.32 Å². The van der Waals surface area contributed by atoms with E-state index in [1.807, 2.05) is 0 Å². The molecule has 0 aromatic carbocycles. The van der Waals surface area contributed by atoms with Crippen LogP contribution in [0.25, 0.3) is 0 Å². The zero-order chi connectivity index (χ0) is 13.7. The molecular weight excluding hydrogens is 226 g/mol. The van der Waals surface area contributed by atoms with Gasteiger partial charge in [-0.05, 0) is 40.5 Å². The van der Waals surface area contributed by atoms with Gasteiger partial charge in [0, 0.05) is 6.61 Å². The zero-order valence-electron chi connectivity index (χ0n) is 10.7. The Bertz CT molecular complexity index is 284. The number of carbonyl (C=O) groups is 2. The maximum Gasteiger partial charge on any atom is 0.408 e. The van der Waals surface area contributed by atoms with E-state index in [2.05, 4.69) is 5.32 Å². The average molecular weight is 247 g/mol. The van der Waals surface area contributed by atoms with E-state index in [-0.39, 0.29) is 13.0 Å². The summed E-state index contributed by atoms with van der Waals surface area (Å²) in [5, 5.41) is 20.1. The monoisotopic (exact) mass is 247 g/mol. The van der Waals surface area contributed by atoms with Crippen LogP contribution in [0.4, 0.5) is 4.79 Å². The number of hydrogen-bond acceptors (Lipinski definition) is 4. The molecule has 0 aromatic heterocycles. The third kappa shape index (κ3) is 6.11. The fourth-order valence-electron chi connectivity index (χ4n) is 1.18. The third-order valence-electron chi connectivity index (χ3n) is 2.08. The molecule has 100 valence electrons. The summed E-state index contributed by atoms with van der Waals surface area (Å²) in [5.41, 5.74) is -2.11. The first kappa shape index (κ1) is 15.7. The second-order valence-electron chi connectivity index (χ2n) is 5.09. The van der Waals surface area contributed by atoms with Crippen LogP contribution in [0.1, 0.15) is 40.5 Å². The number of amides is 1. The summed E-state index contributed by atoms with van der Waals surface area (Å²) in [6, 6.07) is 0. The van der Waals surface area contributed by atoms with E-state index in [9.17, 15) is 9.59 Å². The molecule has 0 fully saturated rings. The average Bonchev–Trinajstić information content (AvgIpc) is 2.11. The lowest BCUT2D eigenvalue weighted by molar-refractivity contribution is -0.144. The van der Waals surface area contributed by atoms with E-state index in [0.29, 0.717) is 6.42 Å². The van der Waals surface area contributed by atoms with Crippen LogP contribution in [-0.2, 0) is 9.53 Å². The van der Waals surface area contributed by atoms with Crippen molar-refractivity contribution in [2.75, 3.05) is 6.61 Å². The lowest BCUT2D eigenvalue weighted by atomic mass is 9.96. The molecule has 0 bridgehead atoms. The first-order valence-electron chi connectivity index (χ1n) is 5.46. The number of hydrogen-bond donors (Lipinski definition) is 3. The lowest BCUT2D eigenvalue weighted by Crippen LogP contribution is -2.53. The maximum absolute atomic E-state index is 11.5. The number of aliphatic carboxylic acids is 1. The van der Waals surface area contributed by atoms with Gasteiger partial charge in [-0.15, -0.1) is 0 Å². The highest BCUT2D eigenvalue weighted by Gasteiger charge is 2.35. The van der Waals surface area contributed by atoms with E-state index in [4.69, 9.17) is 14.9 Å². The van der Waals surface area contributed by atoms with Gasteiger partial charge in [-0.2, -0.15) is 0 Å². The number of carboxylic acid groups (broad SMARTS) is 1. The van der Waals surface area contributed by atoms with Gasteiger partial charge in [-0.1, -0.05) is 0 Å². The highest BCUT2D eigenvalue weighted by atomic mass is 16.6. The summed E-state index contributed by atoms with van der Waals surface area (Å²) in [7, 11) is 0. The number of aliphatic hydroxyl groups excluding tert-OH is 1. The molecule has 0 aliphatic carbocycles. The van der Waals surface area contributed by atoms with Gasteiger partial charge in [0.05, 0.1) is 0 Å². The number of carbonyl (C=O) groups excluding carboxylic acids is 1. The van der Waals surface area contributed by atoms with E-state index < -0.39 is 23.2 Å². The molecule has 0 aliphatic rings. The van der Waals surface area contributed by atoms with Crippen molar-refractivity contribution in [2.45, 2.75) is 51.7 Å². The van der Waals surface area contributed by atoms with Gasteiger partial charge in [-0.25, -0.2) is 9.59 Å². The predicted octanol–water partition coefficient (Wildman–Crippen LogP) is 1.13. The molecule has 3 N–H and O–H groups in total. The minimum Gasteiger partial charge on any atom is -0.480 e. The molecule has 0 saturated carbocycles. The van der Waals surface area contributed by atoms with Crippen LogP contribution in [-0.4, -0.2) is 40.0 Å². The van der Waals surface area contributed by atoms with E-state index >= 15 is 0 Å². The predicted molar refractivity (Wildman–Crippen MR) is 61.7 cm³/mol. The van der Waals surface area contributed by atoms with E-state index in [1.54, 1.807) is 20.8 Å². The van der Waals surface area contributed by atoms with Crippen molar-refractivity contribution in [1.29, 1.82) is 0 Å². The zero-order valence-corrected chi connectivity index (χ0v) is 10.7. The highest BCUT2D eigenvalue weighted by Crippen LogP contribution is 2.14. The Hall–Kier alpha value is -1.30. The summed E-state index contributed by atoms with van der Waals surface area (Å²) >= 11 is 0.